The summed E-state index contributed by atoms with van der Waals surface area (Å²) in [5.74, 6) is 0.434. The molecule has 28 heavy (non-hydrogen) atoms. The fourth-order valence-electron chi connectivity index (χ4n) is 3.35. The molecule has 6 nitrogen and oxygen atoms in total. The largest absolute Gasteiger partial charge is 0.438 e. The third-order valence-corrected chi connectivity index (χ3v) is 5.92. The lowest BCUT2D eigenvalue weighted by Crippen LogP contribution is -2.24. The van der Waals surface area contributed by atoms with Gasteiger partial charge in [-0.15, -0.1) is 0 Å². The van der Waals surface area contributed by atoms with Gasteiger partial charge in [-0.05, 0) is 29.8 Å². The van der Waals surface area contributed by atoms with E-state index in [1.54, 1.807) is 24.3 Å². The number of oxazole rings is 1. The van der Waals surface area contributed by atoms with Gasteiger partial charge in [-0.2, -0.15) is 0 Å². The first-order valence-electron chi connectivity index (χ1n) is 9.00. The Bertz CT molecular complexity index is 1030. The third-order valence-electron chi connectivity index (χ3n) is 4.79. The average molecular weight is 404 g/mol. The van der Waals surface area contributed by atoms with Crippen LogP contribution in [0.25, 0.3) is 11.1 Å². The van der Waals surface area contributed by atoms with Crippen molar-refractivity contribution in [2.45, 2.75) is 30.3 Å². The molecule has 2 heterocycles. The molecule has 2 aromatic carbocycles. The summed E-state index contributed by atoms with van der Waals surface area (Å²) >= 11 is 0. The zero-order valence-electron chi connectivity index (χ0n) is 15.4. The number of halogens is 1. The van der Waals surface area contributed by atoms with Crippen LogP contribution < -0.4 is 0 Å². The van der Waals surface area contributed by atoms with Crippen LogP contribution in [-0.2, 0) is 27.7 Å². The maximum Gasteiger partial charge on any atom is 0.221 e. The lowest BCUT2D eigenvalue weighted by Gasteiger charge is -2.15. The second kappa shape index (κ2) is 7.62. The molecule has 8 heteroatoms. The molecule has 1 aliphatic heterocycles. The molecule has 0 bridgehead atoms. The Balaban J connectivity index is 1.34. The number of hydrogen-bond acceptors (Lipinski definition) is 6. The summed E-state index contributed by atoms with van der Waals surface area (Å²) in [6.45, 7) is 1.38. The van der Waals surface area contributed by atoms with Gasteiger partial charge < -0.3 is 9.15 Å². The summed E-state index contributed by atoms with van der Waals surface area (Å²) in [5.41, 5.74) is 2.37. The maximum atomic E-state index is 14.4. The predicted octanol–water partition coefficient (Wildman–Crippen LogP) is 2.97. The smallest absolute Gasteiger partial charge is 0.221 e. The van der Waals surface area contributed by atoms with Gasteiger partial charge in [0.15, 0.2) is 15.4 Å². The SMILES string of the molecule is CS(=O)(=O)c1ccc(CN2CC(F)C(OCc3nc4ccccc4o3)C2)cc1. The molecule has 1 fully saturated rings. The highest BCUT2D eigenvalue weighted by molar-refractivity contribution is 7.90. The Morgan fingerprint density at radius 2 is 1.93 bits per heavy atom. The molecule has 0 N–H and O–H groups in total. The van der Waals surface area contributed by atoms with Crippen LogP contribution in [0.4, 0.5) is 4.39 Å². The highest BCUT2D eigenvalue weighted by Crippen LogP contribution is 2.22. The third kappa shape index (κ3) is 4.24. The van der Waals surface area contributed by atoms with E-state index in [1.165, 1.54) is 6.26 Å². The maximum absolute atomic E-state index is 14.4. The number of rotatable bonds is 6. The molecule has 1 aromatic heterocycles. The van der Waals surface area contributed by atoms with Crippen LogP contribution in [-0.4, -0.2) is 49.9 Å². The van der Waals surface area contributed by atoms with Crippen molar-refractivity contribution in [2.24, 2.45) is 0 Å². The Morgan fingerprint density at radius 3 is 2.64 bits per heavy atom. The number of nitrogens with zero attached hydrogens (tertiary/aromatic N) is 2. The number of hydrogen-bond donors (Lipinski definition) is 0. The molecule has 0 radical (unpaired) electrons. The van der Waals surface area contributed by atoms with Crippen LogP contribution in [0.1, 0.15) is 11.5 Å². The molecular weight excluding hydrogens is 383 g/mol. The van der Waals surface area contributed by atoms with Crippen LogP contribution >= 0.6 is 0 Å². The Labute approximate surface area is 162 Å². The fourth-order valence-corrected chi connectivity index (χ4v) is 3.98. The zero-order chi connectivity index (χ0) is 19.7. The minimum atomic E-state index is -3.22. The molecular formula is C20H21FN2O4S. The molecule has 0 aliphatic carbocycles. The monoisotopic (exact) mass is 404 g/mol. The number of para-hydroxylation sites is 2. The van der Waals surface area contributed by atoms with Gasteiger partial charge >= 0.3 is 0 Å². The average Bonchev–Trinajstić information content (AvgIpc) is 3.22. The number of ether oxygens (including phenoxy) is 1. The van der Waals surface area contributed by atoms with E-state index in [2.05, 4.69) is 4.98 Å². The van der Waals surface area contributed by atoms with Crippen LogP contribution in [0.15, 0.2) is 57.8 Å². The molecule has 0 saturated carbocycles. The van der Waals surface area contributed by atoms with E-state index in [-0.39, 0.29) is 18.0 Å². The van der Waals surface area contributed by atoms with Gasteiger partial charge in [0.1, 0.15) is 24.4 Å². The number of aromatic nitrogens is 1. The predicted molar refractivity (Wildman–Crippen MR) is 102 cm³/mol. The van der Waals surface area contributed by atoms with Gasteiger partial charge in [0, 0.05) is 25.9 Å². The summed E-state index contributed by atoms with van der Waals surface area (Å²) in [6, 6.07) is 14.1. The van der Waals surface area contributed by atoms with Crippen LogP contribution in [0, 0.1) is 0 Å². The van der Waals surface area contributed by atoms with E-state index in [0.717, 1.165) is 11.1 Å². The first kappa shape index (κ1) is 19.0. The lowest BCUT2D eigenvalue weighted by molar-refractivity contribution is 0.00239. The van der Waals surface area contributed by atoms with Gasteiger partial charge in [0.05, 0.1) is 4.90 Å². The Hall–Kier alpha value is -2.29. The normalized spacial score (nSPS) is 20.8. The number of benzene rings is 2. The van der Waals surface area contributed by atoms with E-state index in [9.17, 15) is 12.8 Å². The highest BCUT2D eigenvalue weighted by Gasteiger charge is 2.33. The topological polar surface area (TPSA) is 72.6 Å². The van der Waals surface area contributed by atoms with Crippen LogP contribution in [0.2, 0.25) is 0 Å². The summed E-state index contributed by atoms with van der Waals surface area (Å²) in [7, 11) is -3.22. The minimum absolute atomic E-state index is 0.122. The summed E-state index contributed by atoms with van der Waals surface area (Å²) in [5, 5.41) is 0. The standard InChI is InChI=1S/C20H21FN2O4S/c1-28(24,25)15-8-6-14(7-9-15)10-23-11-16(21)19(12-23)26-13-20-22-17-4-2-3-5-18(17)27-20/h2-9,16,19H,10-13H2,1H3. The van der Waals surface area contributed by atoms with Crippen molar-refractivity contribution >= 4 is 20.9 Å². The van der Waals surface area contributed by atoms with E-state index in [4.69, 9.17) is 9.15 Å². The molecule has 148 valence electrons. The summed E-state index contributed by atoms with van der Waals surface area (Å²) in [6.07, 6.45) is -0.473. The molecule has 2 unspecified atom stereocenters. The molecule has 0 spiro atoms. The number of likely N-dealkylation sites (tertiary alicyclic amines) is 1. The molecule has 2 atom stereocenters. The second-order valence-corrected chi connectivity index (χ2v) is 9.07. The molecule has 1 saturated heterocycles. The van der Waals surface area contributed by atoms with Crippen molar-refractivity contribution in [3.63, 3.8) is 0 Å². The quantitative estimate of drug-likeness (QED) is 0.629. The van der Waals surface area contributed by atoms with E-state index >= 15 is 0 Å². The summed E-state index contributed by atoms with van der Waals surface area (Å²) in [4.78, 5) is 6.57. The van der Waals surface area contributed by atoms with E-state index < -0.39 is 22.1 Å². The number of sulfone groups is 1. The second-order valence-electron chi connectivity index (χ2n) is 7.05. The van der Waals surface area contributed by atoms with Crippen molar-refractivity contribution in [2.75, 3.05) is 19.3 Å². The van der Waals surface area contributed by atoms with Crippen LogP contribution in [0.5, 0.6) is 0 Å². The highest BCUT2D eigenvalue weighted by atomic mass is 32.2. The van der Waals surface area contributed by atoms with Gasteiger partial charge in [-0.25, -0.2) is 17.8 Å². The summed E-state index contributed by atoms with van der Waals surface area (Å²) < 4.78 is 48.7. The molecule has 1 aliphatic rings. The molecule has 0 amide bonds. The van der Waals surface area contributed by atoms with Gasteiger partial charge in [-0.1, -0.05) is 24.3 Å². The fraction of sp³-hybridized carbons (Fsp3) is 0.350. The van der Waals surface area contributed by atoms with Gasteiger partial charge in [0.2, 0.25) is 5.89 Å². The first-order valence-corrected chi connectivity index (χ1v) is 10.9. The zero-order valence-corrected chi connectivity index (χ0v) is 16.2. The molecule has 4 rings (SSSR count). The minimum Gasteiger partial charge on any atom is -0.438 e. The van der Waals surface area contributed by atoms with Crippen molar-refractivity contribution in [3.05, 3.63) is 60.0 Å². The Kier molecular flexibility index (Phi) is 5.18. The lowest BCUT2D eigenvalue weighted by atomic mass is 10.2. The first-order chi connectivity index (χ1) is 13.4. The van der Waals surface area contributed by atoms with Crippen molar-refractivity contribution in [3.8, 4) is 0 Å². The molecule has 3 aromatic rings. The van der Waals surface area contributed by atoms with Crippen molar-refractivity contribution in [1.29, 1.82) is 0 Å². The van der Waals surface area contributed by atoms with Crippen molar-refractivity contribution in [1.82, 2.24) is 9.88 Å². The van der Waals surface area contributed by atoms with Gasteiger partial charge in [-0.3, -0.25) is 4.90 Å². The Morgan fingerprint density at radius 1 is 1.18 bits per heavy atom. The number of fused-ring (bicyclic) bond motifs is 1. The number of alkyl halides is 1. The van der Waals surface area contributed by atoms with E-state index in [0.29, 0.717) is 24.6 Å². The van der Waals surface area contributed by atoms with E-state index in [1.807, 2.05) is 29.2 Å². The van der Waals surface area contributed by atoms with Crippen molar-refractivity contribution < 1.29 is 22.0 Å². The van der Waals surface area contributed by atoms with Gasteiger partial charge in [0.25, 0.3) is 0 Å². The van der Waals surface area contributed by atoms with Crippen LogP contribution in [0.3, 0.4) is 0 Å².